The number of nitrogens with two attached hydrogens (primary N) is 1. The topological polar surface area (TPSA) is 67.5 Å². The third kappa shape index (κ3) is 3.97. The number of benzene rings is 2. The van der Waals surface area contributed by atoms with E-state index in [1.807, 2.05) is 12.1 Å². The van der Waals surface area contributed by atoms with Crippen LogP contribution in [0.25, 0.3) is 0 Å². The molecule has 0 radical (unpaired) electrons. The van der Waals surface area contributed by atoms with Gasteiger partial charge in [0.2, 0.25) is 0 Å². The van der Waals surface area contributed by atoms with Gasteiger partial charge in [-0.1, -0.05) is 35.3 Å². The Morgan fingerprint density at radius 2 is 1.67 bits per heavy atom. The molecule has 21 heavy (non-hydrogen) atoms. The second-order valence-electron chi connectivity index (χ2n) is 4.39. The number of nitrogens with zero attached hydrogens (tertiary/aromatic N) is 1. The predicted octanol–water partition coefficient (Wildman–Crippen LogP) is 3.73. The van der Waals surface area contributed by atoms with E-state index in [1.54, 1.807) is 31.2 Å². The number of hydrazone groups is 1. The van der Waals surface area contributed by atoms with Crippen LogP contribution in [0.1, 0.15) is 22.8 Å². The first kappa shape index (κ1) is 15.4. The lowest BCUT2D eigenvalue weighted by Gasteiger charge is -2.04. The molecule has 0 spiro atoms. The molecule has 3 N–H and O–H groups in total. The van der Waals surface area contributed by atoms with Gasteiger partial charge in [-0.2, -0.15) is 5.10 Å². The fourth-order valence-corrected chi connectivity index (χ4v) is 1.92. The Hall–Kier alpha value is -2.04. The van der Waals surface area contributed by atoms with Crippen molar-refractivity contribution in [2.45, 2.75) is 6.92 Å². The standard InChI is InChI=1S/C15H13Cl2N3O/c1-9(10-2-5-12(18)6-3-10)19-20-15(21)11-4-7-13(16)14(17)8-11/h2-8H,18H2,1H3,(H,20,21). The normalized spacial score (nSPS) is 11.3. The van der Waals surface area contributed by atoms with Crippen LogP contribution in [0.3, 0.4) is 0 Å². The minimum atomic E-state index is -0.358. The van der Waals surface area contributed by atoms with E-state index >= 15 is 0 Å². The third-order valence-corrected chi connectivity index (χ3v) is 3.57. The monoisotopic (exact) mass is 321 g/mol. The Kier molecular flexibility index (Phi) is 4.83. The van der Waals surface area contributed by atoms with Crippen LogP contribution in [0, 0.1) is 0 Å². The van der Waals surface area contributed by atoms with E-state index in [0.29, 0.717) is 27.0 Å². The molecule has 0 aromatic heterocycles. The highest BCUT2D eigenvalue weighted by atomic mass is 35.5. The summed E-state index contributed by atoms with van der Waals surface area (Å²) in [6, 6.07) is 11.9. The second-order valence-corrected chi connectivity index (χ2v) is 5.20. The van der Waals surface area contributed by atoms with Gasteiger partial charge in [-0.25, -0.2) is 5.43 Å². The highest BCUT2D eigenvalue weighted by molar-refractivity contribution is 6.42. The van der Waals surface area contributed by atoms with E-state index in [4.69, 9.17) is 28.9 Å². The molecule has 0 fully saturated rings. The number of halogens is 2. The second kappa shape index (κ2) is 6.61. The Morgan fingerprint density at radius 3 is 2.29 bits per heavy atom. The SMILES string of the molecule is CC(=NNC(=O)c1ccc(Cl)c(Cl)c1)c1ccc(N)cc1. The van der Waals surface area contributed by atoms with Crippen LogP contribution in [-0.2, 0) is 0 Å². The van der Waals surface area contributed by atoms with Crippen molar-refractivity contribution in [1.82, 2.24) is 5.43 Å². The number of hydrogen-bond acceptors (Lipinski definition) is 3. The Morgan fingerprint density at radius 1 is 1.05 bits per heavy atom. The van der Waals surface area contributed by atoms with Crippen LogP contribution in [0.2, 0.25) is 10.0 Å². The molecule has 0 aliphatic rings. The summed E-state index contributed by atoms with van der Waals surface area (Å²) in [4.78, 5) is 12.0. The largest absolute Gasteiger partial charge is 0.399 e. The van der Waals surface area contributed by atoms with Crippen molar-refractivity contribution >= 4 is 40.5 Å². The number of amides is 1. The molecule has 2 rings (SSSR count). The molecule has 1 amide bonds. The molecule has 0 atom stereocenters. The predicted molar refractivity (Wildman–Crippen MR) is 87.0 cm³/mol. The summed E-state index contributed by atoms with van der Waals surface area (Å²) in [5.41, 5.74) is 10.7. The maximum atomic E-state index is 12.0. The van der Waals surface area contributed by atoms with Crippen molar-refractivity contribution in [2.75, 3.05) is 5.73 Å². The van der Waals surface area contributed by atoms with Gasteiger partial charge in [0.05, 0.1) is 15.8 Å². The molecule has 0 heterocycles. The minimum absolute atomic E-state index is 0.323. The van der Waals surface area contributed by atoms with Gasteiger partial charge >= 0.3 is 0 Å². The minimum Gasteiger partial charge on any atom is -0.399 e. The van der Waals surface area contributed by atoms with E-state index in [9.17, 15) is 4.79 Å². The van der Waals surface area contributed by atoms with E-state index in [-0.39, 0.29) is 5.91 Å². The van der Waals surface area contributed by atoms with Crippen LogP contribution < -0.4 is 11.2 Å². The number of carbonyl (C=O) groups excluding carboxylic acids is 1. The maximum Gasteiger partial charge on any atom is 0.271 e. The number of anilines is 1. The van der Waals surface area contributed by atoms with Gasteiger partial charge in [0.1, 0.15) is 0 Å². The number of carbonyl (C=O) groups is 1. The fourth-order valence-electron chi connectivity index (χ4n) is 1.63. The van der Waals surface area contributed by atoms with Gasteiger partial charge in [0.25, 0.3) is 5.91 Å². The van der Waals surface area contributed by atoms with Crippen molar-refractivity contribution in [3.63, 3.8) is 0 Å². The van der Waals surface area contributed by atoms with Crippen LogP contribution in [0.15, 0.2) is 47.6 Å². The lowest BCUT2D eigenvalue weighted by molar-refractivity contribution is 0.0955. The van der Waals surface area contributed by atoms with Crippen molar-refractivity contribution in [2.24, 2.45) is 5.10 Å². The van der Waals surface area contributed by atoms with Crippen LogP contribution in [0.4, 0.5) is 5.69 Å². The maximum absolute atomic E-state index is 12.0. The summed E-state index contributed by atoms with van der Waals surface area (Å²) < 4.78 is 0. The van der Waals surface area contributed by atoms with Gasteiger partial charge in [0, 0.05) is 11.3 Å². The van der Waals surface area contributed by atoms with E-state index in [0.717, 1.165) is 5.56 Å². The Balaban J connectivity index is 2.10. The molecule has 0 bridgehead atoms. The lowest BCUT2D eigenvalue weighted by Crippen LogP contribution is -2.19. The van der Waals surface area contributed by atoms with Gasteiger partial charge in [-0.3, -0.25) is 4.79 Å². The van der Waals surface area contributed by atoms with Crippen LogP contribution >= 0.6 is 23.2 Å². The highest BCUT2D eigenvalue weighted by Crippen LogP contribution is 2.22. The summed E-state index contributed by atoms with van der Waals surface area (Å²) in [6.45, 7) is 1.79. The molecule has 6 heteroatoms. The van der Waals surface area contributed by atoms with E-state index < -0.39 is 0 Å². The number of rotatable bonds is 3. The molecule has 0 aliphatic carbocycles. The molecule has 108 valence electrons. The molecule has 0 aliphatic heterocycles. The molecule has 2 aromatic rings. The summed E-state index contributed by atoms with van der Waals surface area (Å²) in [7, 11) is 0. The molecule has 0 saturated carbocycles. The number of nitrogen functional groups attached to an aromatic ring is 1. The van der Waals surface area contributed by atoms with Gasteiger partial charge in [0.15, 0.2) is 0 Å². The first-order chi connectivity index (χ1) is 9.97. The average molecular weight is 322 g/mol. The molecular formula is C15H13Cl2N3O. The van der Waals surface area contributed by atoms with Gasteiger partial charge in [-0.05, 0) is 42.8 Å². The zero-order valence-electron chi connectivity index (χ0n) is 11.2. The van der Waals surface area contributed by atoms with Crippen molar-refractivity contribution in [3.8, 4) is 0 Å². The van der Waals surface area contributed by atoms with Crippen molar-refractivity contribution < 1.29 is 4.79 Å². The zero-order valence-corrected chi connectivity index (χ0v) is 12.7. The average Bonchev–Trinajstić information content (AvgIpc) is 2.48. The summed E-state index contributed by atoms with van der Waals surface area (Å²) in [5.74, 6) is -0.358. The number of hydrogen-bond donors (Lipinski definition) is 2. The van der Waals surface area contributed by atoms with Crippen LogP contribution in [0.5, 0.6) is 0 Å². The molecule has 0 unspecified atom stereocenters. The molecular weight excluding hydrogens is 309 g/mol. The van der Waals surface area contributed by atoms with Crippen LogP contribution in [-0.4, -0.2) is 11.6 Å². The quantitative estimate of drug-likeness (QED) is 0.514. The Labute approximate surface area is 132 Å². The first-order valence-electron chi connectivity index (χ1n) is 6.13. The third-order valence-electron chi connectivity index (χ3n) is 2.84. The Bertz CT molecular complexity index is 697. The molecule has 4 nitrogen and oxygen atoms in total. The first-order valence-corrected chi connectivity index (χ1v) is 6.88. The molecule has 2 aromatic carbocycles. The highest BCUT2D eigenvalue weighted by Gasteiger charge is 2.07. The van der Waals surface area contributed by atoms with Gasteiger partial charge in [-0.15, -0.1) is 0 Å². The lowest BCUT2D eigenvalue weighted by atomic mass is 10.1. The molecule has 0 saturated heterocycles. The van der Waals surface area contributed by atoms with Gasteiger partial charge < -0.3 is 5.73 Å². The summed E-state index contributed by atoms with van der Waals surface area (Å²) >= 11 is 11.7. The smallest absolute Gasteiger partial charge is 0.271 e. The van der Waals surface area contributed by atoms with E-state index in [2.05, 4.69) is 10.5 Å². The summed E-state index contributed by atoms with van der Waals surface area (Å²) in [5, 5.41) is 4.77. The zero-order chi connectivity index (χ0) is 15.4. The van der Waals surface area contributed by atoms with Crippen molar-refractivity contribution in [1.29, 1.82) is 0 Å². The summed E-state index contributed by atoms with van der Waals surface area (Å²) in [6.07, 6.45) is 0. The number of nitrogens with one attached hydrogen (secondary N) is 1. The fraction of sp³-hybridized carbons (Fsp3) is 0.0667. The van der Waals surface area contributed by atoms with Crippen molar-refractivity contribution in [3.05, 3.63) is 63.6 Å². The van der Waals surface area contributed by atoms with E-state index in [1.165, 1.54) is 6.07 Å².